The molecule has 0 aromatic heterocycles. The van der Waals surface area contributed by atoms with Crippen LogP contribution in [0.25, 0.3) is 0 Å². The van der Waals surface area contributed by atoms with E-state index in [0.717, 1.165) is 25.2 Å². The molecule has 2 aliphatic rings. The molecule has 0 N–H and O–H groups in total. The van der Waals surface area contributed by atoms with Gasteiger partial charge in [0.25, 0.3) is 0 Å². The molecular formula is C12H20O. The van der Waals surface area contributed by atoms with Gasteiger partial charge in [0.1, 0.15) is 5.78 Å². The lowest BCUT2D eigenvalue weighted by Crippen LogP contribution is -2.33. The zero-order chi connectivity index (χ0) is 9.31. The molecule has 0 heterocycles. The Kier molecular flexibility index (Phi) is 2.44. The van der Waals surface area contributed by atoms with Crippen LogP contribution in [0.5, 0.6) is 0 Å². The van der Waals surface area contributed by atoms with E-state index in [0.29, 0.717) is 11.2 Å². The Morgan fingerprint density at radius 1 is 1.23 bits per heavy atom. The van der Waals surface area contributed by atoms with Gasteiger partial charge < -0.3 is 0 Å². The predicted octanol–water partition coefficient (Wildman–Crippen LogP) is 3.33. The largest absolute Gasteiger partial charge is 0.300 e. The standard InChI is InChI=1S/C12H20O/c1-12-7-4-2-3-5-10(12)9-11(13)6-8-12/h10H,2-9H2,1H3/t10-,12-/m0/s1. The topological polar surface area (TPSA) is 17.1 Å². The Labute approximate surface area is 80.9 Å². The fourth-order valence-corrected chi connectivity index (χ4v) is 3.13. The Morgan fingerprint density at radius 2 is 2.08 bits per heavy atom. The first-order chi connectivity index (χ1) is 6.21. The molecule has 0 amide bonds. The number of fused-ring (bicyclic) bond motifs is 1. The van der Waals surface area contributed by atoms with Crippen LogP contribution in [-0.2, 0) is 4.79 Å². The summed E-state index contributed by atoms with van der Waals surface area (Å²) in [5, 5.41) is 0. The highest BCUT2D eigenvalue weighted by Gasteiger charge is 2.39. The second kappa shape index (κ2) is 3.43. The Bertz CT molecular complexity index is 209. The van der Waals surface area contributed by atoms with Gasteiger partial charge in [-0.05, 0) is 30.6 Å². The molecular weight excluding hydrogens is 160 g/mol. The molecule has 2 fully saturated rings. The van der Waals surface area contributed by atoms with Crippen molar-refractivity contribution in [1.29, 1.82) is 0 Å². The summed E-state index contributed by atoms with van der Waals surface area (Å²) < 4.78 is 0. The number of Topliss-reactive ketones (excluding diaryl/α,β-unsaturated/α-hetero) is 1. The number of rotatable bonds is 0. The van der Waals surface area contributed by atoms with Crippen molar-refractivity contribution in [1.82, 2.24) is 0 Å². The van der Waals surface area contributed by atoms with Gasteiger partial charge in [-0.3, -0.25) is 4.79 Å². The molecule has 0 aliphatic heterocycles. The van der Waals surface area contributed by atoms with Gasteiger partial charge in [0.05, 0.1) is 0 Å². The summed E-state index contributed by atoms with van der Waals surface area (Å²) >= 11 is 0. The minimum absolute atomic E-state index is 0.518. The molecule has 1 nitrogen and oxygen atoms in total. The number of carbonyl (C=O) groups excluding carboxylic acids is 1. The third kappa shape index (κ3) is 1.79. The van der Waals surface area contributed by atoms with Crippen LogP contribution in [0.1, 0.15) is 58.3 Å². The lowest BCUT2D eigenvalue weighted by molar-refractivity contribution is -0.124. The number of hydrogen-bond acceptors (Lipinski definition) is 1. The monoisotopic (exact) mass is 180 g/mol. The quantitative estimate of drug-likeness (QED) is 0.559. The van der Waals surface area contributed by atoms with E-state index in [1.807, 2.05) is 0 Å². The molecule has 0 aromatic carbocycles. The fraction of sp³-hybridized carbons (Fsp3) is 0.917. The van der Waals surface area contributed by atoms with E-state index in [1.165, 1.54) is 32.1 Å². The molecule has 0 spiro atoms. The normalized spacial score (nSPS) is 41.0. The van der Waals surface area contributed by atoms with Crippen LogP contribution in [0.2, 0.25) is 0 Å². The molecule has 0 radical (unpaired) electrons. The van der Waals surface area contributed by atoms with Crippen molar-refractivity contribution in [2.24, 2.45) is 11.3 Å². The Morgan fingerprint density at radius 3 is 2.92 bits per heavy atom. The van der Waals surface area contributed by atoms with Gasteiger partial charge >= 0.3 is 0 Å². The number of hydrogen-bond donors (Lipinski definition) is 0. The van der Waals surface area contributed by atoms with E-state index >= 15 is 0 Å². The molecule has 0 unspecified atom stereocenters. The zero-order valence-corrected chi connectivity index (χ0v) is 8.64. The predicted molar refractivity (Wildman–Crippen MR) is 53.5 cm³/mol. The van der Waals surface area contributed by atoms with Crippen LogP contribution < -0.4 is 0 Å². The second-order valence-corrected chi connectivity index (χ2v) is 5.19. The highest BCUT2D eigenvalue weighted by atomic mass is 16.1. The zero-order valence-electron chi connectivity index (χ0n) is 8.64. The highest BCUT2D eigenvalue weighted by molar-refractivity contribution is 5.79. The van der Waals surface area contributed by atoms with E-state index < -0.39 is 0 Å². The third-order valence-electron chi connectivity index (χ3n) is 4.24. The van der Waals surface area contributed by atoms with Crippen LogP contribution >= 0.6 is 0 Å². The van der Waals surface area contributed by atoms with Crippen molar-refractivity contribution >= 4 is 5.78 Å². The lowest BCUT2D eigenvalue weighted by Gasteiger charge is -2.40. The first kappa shape index (κ1) is 9.23. The molecule has 0 saturated heterocycles. The summed E-state index contributed by atoms with van der Waals surface area (Å²) in [5.74, 6) is 1.24. The van der Waals surface area contributed by atoms with Gasteiger partial charge in [-0.2, -0.15) is 0 Å². The SMILES string of the molecule is C[C@@]12CCCCC[C@H]1CC(=O)CC2. The first-order valence-corrected chi connectivity index (χ1v) is 5.72. The van der Waals surface area contributed by atoms with Crippen molar-refractivity contribution in [3.8, 4) is 0 Å². The number of carbonyl (C=O) groups is 1. The summed E-state index contributed by atoms with van der Waals surface area (Å²) in [4.78, 5) is 11.4. The third-order valence-corrected chi connectivity index (χ3v) is 4.24. The van der Waals surface area contributed by atoms with Crippen LogP contribution in [0.15, 0.2) is 0 Å². The van der Waals surface area contributed by atoms with Crippen molar-refractivity contribution in [2.75, 3.05) is 0 Å². The minimum atomic E-state index is 0.518. The lowest BCUT2D eigenvalue weighted by atomic mass is 9.65. The van der Waals surface area contributed by atoms with E-state index in [4.69, 9.17) is 0 Å². The van der Waals surface area contributed by atoms with E-state index in [1.54, 1.807) is 0 Å². The smallest absolute Gasteiger partial charge is 0.133 e. The molecule has 2 rings (SSSR count). The molecule has 1 heteroatoms. The molecule has 2 atom stereocenters. The van der Waals surface area contributed by atoms with Crippen molar-refractivity contribution in [3.63, 3.8) is 0 Å². The maximum absolute atomic E-state index is 11.4. The van der Waals surface area contributed by atoms with Crippen molar-refractivity contribution < 1.29 is 4.79 Å². The van der Waals surface area contributed by atoms with Gasteiger partial charge in [0.15, 0.2) is 0 Å². The molecule has 2 aliphatic carbocycles. The van der Waals surface area contributed by atoms with Gasteiger partial charge in [0.2, 0.25) is 0 Å². The Balaban J connectivity index is 2.12. The maximum atomic E-state index is 11.4. The Hall–Kier alpha value is -0.330. The van der Waals surface area contributed by atoms with Crippen molar-refractivity contribution in [2.45, 2.75) is 58.3 Å². The fourth-order valence-electron chi connectivity index (χ4n) is 3.13. The van der Waals surface area contributed by atoms with E-state index in [-0.39, 0.29) is 0 Å². The summed E-state index contributed by atoms with van der Waals surface area (Å²) in [7, 11) is 0. The van der Waals surface area contributed by atoms with Crippen molar-refractivity contribution in [3.05, 3.63) is 0 Å². The van der Waals surface area contributed by atoms with Crippen LogP contribution in [0, 0.1) is 11.3 Å². The van der Waals surface area contributed by atoms with Crippen LogP contribution in [0.4, 0.5) is 0 Å². The van der Waals surface area contributed by atoms with Gasteiger partial charge in [-0.25, -0.2) is 0 Å². The van der Waals surface area contributed by atoms with Gasteiger partial charge in [-0.1, -0.05) is 26.2 Å². The molecule has 0 bridgehead atoms. The molecule has 0 aromatic rings. The summed E-state index contributed by atoms with van der Waals surface area (Å²) in [6, 6.07) is 0. The second-order valence-electron chi connectivity index (χ2n) is 5.19. The first-order valence-electron chi connectivity index (χ1n) is 5.72. The average Bonchev–Trinajstić information content (AvgIpc) is 2.28. The maximum Gasteiger partial charge on any atom is 0.133 e. The molecule has 13 heavy (non-hydrogen) atoms. The summed E-state index contributed by atoms with van der Waals surface area (Å²) in [6.07, 6.45) is 9.71. The summed E-state index contributed by atoms with van der Waals surface area (Å²) in [6.45, 7) is 2.41. The van der Waals surface area contributed by atoms with E-state index in [2.05, 4.69) is 6.92 Å². The summed E-state index contributed by atoms with van der Waals surface area (Å²) in [5.41, 5.74) is 0.518. The van der Waals surface area contributed by atoms with Gasteiger partial charge in [-0.15, -0.1) is 0 Å². The molecule has 74 valence electrons. The molecule has 2 saturated carbocycles. The minimum Gasteiger partial charge on any atom is -0.300 e. The van der Waals surface area contributed by atoms with Gasteiger partial charge in [0, 0.05) is 12.8 Å². The van der Waals surface area contributed by atoms with Crippen LogP contribution in [0.3, 0.4) is 0 Å². The number of ketones is 1. The van der Waals surface area contributed by atoms with E-state index in [9.17, 15) is 4.79 Å². The van der Waals surface area contributed by atoms with Crippen LogP contribution in [-0.4, -0.2) is 5.78 Å². The average molecular weight is 180 g/mol. The highest BCUT2D eigenvalue weighted by Crippen LogP contribution is 2.47.